The second kappa shape index (κ2) is 13.4. The van der Waals surface area contributed by atoms with Crippen LogP contribution >= 0.6 is 0 Å². The Bertz CT molecular complexity index is 2500. The molecule has 0 aliphatic heterocycles. The van der Waals surface area contributed by atoms with E-state index in [2.05, 4.69) is 9.97 Å². The summed E-state index contributed by atoms with van der Waals surface area (Å²) in [7, 11) is 0. The number of benzene rings is 2. The number of aryl methyl sites for hydroxylation is 1. The van der Waals surface area contributed by atoms with Crippen LogP contribution in [0.2, 0.25) is 0 Å². The Morgan fingerprint density at radius 1 is 0.661 bits per heavy atom. The maximum absolute atomic E-state index is 16.5. The Morgan fingerprint density at radius 3 is 1.89 bits per heavy atom. The quantitative estimate of drug-likeness (QED) is 0.173. The van der Waals surface area contributed by atoms with E-state index >= 15 is 8.78 Å². The van der Waals surface area contributed by atoms with Gasteiger partial charge in [-0.25, -0.2) is 17.6 Å². The summed E-state index contributed by atoms with van der Waals surface area (Å²) < 4.78 is 141. The average Bonchev–Trinajstić information content (AvgIpc) is 3.90. The highest BCUT2D eigenvalue weighted by Gasteiger charge is 2.51. The van der Waals surface area contributed by atoms with Gasteiger partial charge in [0.25, 0.3) is 0 Å². The Hall–Kier alpha value is -5.80. The van der Waals surface area contributed by atoms with Gasteiger partial charge in [-0.05, 0) is 73.1 Å². The molecule has 4 aromatic rings. The van der Waals surface area contributed by atoms with Crippen molar-refractivity contribution in [1.82, 2.24) is 9.97 Å². The van der Waals surface area contributed by atoms with E-state index in [0.717, 1.165) is 12.1 Å². The first-order valence-electron chi connectivity index (χ1n) is 16.9. The first-order chi connectivity index (χ1) is 26.2. The van der Waals surface area contributed by atoms with Gasteiger partial charge in [0.1, 0.15) is 23.3 Å². The topological polar surface area (TPSA) is 94.1 Å². The minimum atomic E-state index is -4.75. The Labute approximate surface area is 310 Å². The summed E-state index contributed by atoms with van der Waals surface area (Å²) >= 11 is 0. The van der Waals surface area contributed by atoms with Crippen LogP contribution in [0, 0.1) is 36.1 Å². The third kappa shape index (κ3) is 6.43. The molecule has 0 saturated heterocycles. The summed E-state index contributed by atoms with van der Waals surface area (Å²) in [6.07, 6.45) is -9.79. The molecule has 2 aromatic heterocycles. The van der Waals surface area contributed by atoms with Gasteiger partial charge in [0.05, 0.1) is 27.8 Å². The highest BCUT2D eigenvalue weighted by Crippen LogP contribution is 2.56. The predicted molar refractivity (Wildman–Crippen MR) is 176 cm³/mol. The van der Waals surface area contributed by atoms with E-state index in [0.29, 0.717) is 36.7 Å². The monoisotopic (exact) mass is 786 g/mol. The average molecular weight is 787 g/mol. The van der Waals surface area contributed by atoms with Gasteiger partial charge in [-0.3, -0.25) is 29.1 Å². The molecule has 7 rings (SSSR count). The number of hydrogen-bond acceptors (Lipinski definition) is 6. The Balaban J connectivity index is 1.27. The van der Waals surface area contributed by atoms with Gasteiger partial charge in [-0.2, -0.15) is 26.3 Å². The third-order valence-electron chi connectivity index (χ3n) is 10.3. The van der Waals surface area contributed by atoms with Crippen molar-refractivity contribution in [3.05, 3.63) is 150 Å². The summed E-state index contributed by atoms with van der Waals surface area (Å²) in [5.41, 5.74) is -7.28. The number of hydrogen-bond donors (Lipinski definition) is 0. The van der Waals surface area contributed by atoms with Gasteiger partial charge in [-0.15, -0.1) is 0 Å². The van der Waals surface area contributed by atoms with E-state index in [9.17, 15) is 54.3 Å². The van der Waals surface area contributed by atoms with Crippen molar-refractivity contribution < 1.29 is 63.1 Å². The lowest BCUT2D eigenvalue weighted by Crippen LogP contribution is -2.27. The van der Waals surface area contributed by atoms with E-state index in [1.54, 1.807) is 0 Å². The molecule has 0 bridgehead atoms. The third-order valence-corrected chi connectivity index (χ3v) is 10.3. The first-order valence-corrected chi connectivity index (χ1v) is 16.9. The molecule has 1 fully saturated rings. The molecule has 2 aromatic carbocycles. The van der Waals surface area contributed by atoms with Crippen molar-refractivity contribution in [2.75, 3.05) is 0 Å². The molecule has 2 heterocycles. The number of Topliss-reactive ketones (excluding diaryl/α,β-unsaturated/α-hetero) is 4. The highest BCUT2D eigenvalue weighted by molar-refractivity contribution is 6.28. The van der Waals surface area contributed by atoms with Gasteiger partial charge < -0.3 is 0 Å². The van der Waals surface area contributed by atoms with Gasteiger partial charge in [-0.1, -0.05) is 6.92 Å². The highest BCUT2D eigenvalue weighted by atomic mass is 19.4. The lowest BCUT2D eigenvalue weighted by Gasteiger charge is -2.24. The van der Waals surface area contributed by atoms with Gasteiger partial charge in [0, 0.05) is 70.5 Å². The van der Waals surface area contributed by atoms with Crippen LogP contribution in [0.4, 0.5) is 43.9 Å². The minimum absolute atomic E-state index is 0.00882. The molecular formula is C40H24F10N2O4. The number of aromatic nitrogens is 2. The number of rotatable bonds is 7. The summed E-state index contributed by atoms with van der Waals surface area (Å²) in [4.78, 5) is 62.8. The van der Waals surface area contributed by atoms with Crippen molar-refractivity contribution in [3.8, 4) is 0 Å². The zero-order valence-electron chi connectivity index (χ0n) is 28.9. The number of nitrogens with zero attached hydrogens (tertiary/aromatic N) is 2. The molecule has 3 aliphatic rings. The summed E-state index contributed by atoms with van der Waals surface area (Å²) in [6, 6.07) is 4.07. The first kappa shape index (κ1) is 38.5. The molecule has 0 amide bonds. The molecule has 16 heteroatoms. The molecule has 2 unspecified atom stereocenters. The number of allylic oxidation sites excluding steroid dienone is 4. The molecule has 2 atom stereocenters. The number of pyridine rings is 2. The van der Waals surface area contributed by atoms with Crippen LogP contribution in [0.15, 0.2) is 71.1 Å². The van der Waals surface area contributed by atoms with E-state index in [4.69, 9.17) is 0 Å². The molecule has 3 aliphatic carbocycles. The second-order valence-electron chi connectivity index (χ2n) is 13.7. The van der Waals surface area contributed by atoms with Crippen molar-refractivity contribution >= 4 is 23.1 Å². The number of fused-ring (bicyclic) bond motifs is 2. The molecule has 0 spiro atoms. The minimum Gasteiger partial charge on any atom is -0.289 e. The maximum atomic E-state index is 16.5. The smallest absolute Gasteiger partial charge is 0.289 e. The molecule has 1 saturated carbocycles. The van der Waals surface area contributed by atoms with Crippen molar-refractivity contribution in [2.24, 2.45) is 5.92 Å². The molecule has 56 heavy (non-hydrogen) atoms. The molecule has 0 N–H and O–H groups in total. The predicted octanol–water partition coefficient (Wildman–Crippen LogP) is 9.43. The van der Waals surface area contributed by atoms with E-state index in [1.807, 2.05) is 0 Å². The van der Waals surface area contributed by atoms with Crippen molar-refractivity contribution in [2.45, 2.75) is 57.8 Å². The number of halogens is 10. The second-order valence-corrected chi connectivity index (χ2v) is 13.7. The summed E-state index contributed by atoms with van der Waals surface area (Å²) in [5, 5.41) is 0. The molecule has 0 radical (unpaired) electrons. The SMILES string of the molecule is CCC1=C(Cc2ncc(C(F)(F)F)cc2C)C(=O)c2c(F)cc(C3CC3C3=C(Cc4ccc(C(F)(F)F)cn4)C(=O)c4c(F)cc(F)cc4C3=O)c(F)c2C1=O. The summed E-state index contributed by atoms with van der Waals surface area (Å²) in [5.74, 6) is -11.7. The van der Waals surface area contributed by atoms with Gasteiger partial charge in [0.2, 0.25) is 0 Å². The van der Waals surface area contributed by atoms with Crippen LogP contribution in [0.25, 0.3) is 0 Å². The summed E-state index contributed by atoms with van der Waals surface area (Å²) in [6.45, 7) is 2.77. The number of carbonyl (C=O) groups is 4. The largest absolute Gasteiger partial charge is 0.417 e. The zero-order chi connectivity index (χ0) is 40.8. The van der Waals surface area contributed by atoms with Crippen LogP contribution in [0.3, 0.4) is 0 Å². The fraction of sp³-hybridized carbons (Fsp3) is 0.250. The lowest BCUT2D eigenvalue weighted by molar-refractivity contribution is -0.138. The molecule has 6 nitrogen and oxygen atoms in total. The maximum Gasteiger partial charge on any atom is 0.417 e. The van der Waals surface area contributed by atoms with E-state index < -0.39 is 128 Å². The van der Waals surface area contributed by atoms with Crippen LogP contribution in [0.5, 0.6) is 0 Å². The Kier molecular flexibility index (Phi) is 9.24. The van der Waals surface area contributed by atoms with Crippen LogP contribution < -0.4 is 0 Å². The lowest BCUT2D eigenvalue weighted by atomic mass is 9.78. The fourth-order valence-electron chi connectivity index (χ4n) is 7.44. The molecule has 288 valence electrons. The number of alkyl halides is 6. The number of carbonyl (C=O) groups excluding carboxylic acids is 4. The standard InChI is InChI=1S/C40H24F10N2O4/c1-3-20-24(12-29-15(2)6-17(14-52-29)40(48,49)50)36(54)32-28(43)11-23(34(44)33(32)35(20)53)21-10-22(21)30-26(9-19-5-4-16(13-51-19)39(45,46)47)38(56)31-25(37(30)55)7-18(41)8-27(31)42/h4-8,11,13-14,21-22H,3,9-10,12H2,1-2H3. The van der Waals surface area contributed by atoms with Crippen molar-refractivity contribution in [1.29, 1.82) is 0 Å². The molecular weight excluding hydrogens is 762 g/mol. The number of ketones is 4. The fourth-order valence-corrected chi connectivity index (χ4v) is 7.44. The van der Waals surface area contributed by atoms with Crippen LogP contribution in [0.1, 0.15) is 101 Å². The van der Waals surface area contributed by atoms with E-state index in [-0.39, 0.29) is 46.5 Å². The van der Waals surface area contributed by atoms with E-state index in [1.165, 1.54) is 13.8 Å². The van der Waals surface area contributed by atoms with Crippen LogP contribution in [-0.4, -0.2) is 33.1 Å². The van der Waals surface area contributed by atoms with Gasteiger partial charge >= 0.3 is 12.4 Å². The normalized spacial score (nSPS) is 18.5. The zero-order valence-corrected chi connectivity index (χ0v) is 28.9. The van der Waals surface area contributed by atoms with Crippen LogP contribution in [-0.2, 0) is 25.2 Å². The van der Waals surface area contributed by atoms with Crippen molar-refractivity contribution in [3.63, 3.8) is 0 Å². The Morgan fingerprint density at radius 2 is 1.29 bits per heavy atom. The van der Waals surface area contributed by atoms with Gasteiger partial charge in [0.15, 0.2) is 23.1 Å².